The number of aliphatic imine (C=N–C) groups is 1. The summed E-state index contributed by atoms with van der Waals surface area (Å²) >= 11 is 0. The van der Waals surface area contributed by atoms with E-state index in [2.05, 4.69) is 50.9 Å². The Morgan fingerprint density at radius 2 is 2.04 bits per heavy atom. The molecule has 0 amide bonds. The zero-order chi connectivity index (χ0) is 17.7. The van der Waals surface area contributed by atoms with Gasteiger partial charge in [-0.05, 0) is 35.7 Å². The van der Waals surface area contributed by atoms with Crippen LogP contribution in [0, 0.1) is 6.92 Å². The molecular weight excluding hydrogens is 324 g/mol. The van der Waals surface area contributed by atoms with Crippen LogP contribution in [0.3, 0.4) is 0 Å². The third kappa shape index (κ3) is 2.38. The third-order valence-corrected chi connectivity index (χ3v) is 4.83. The van der Waals surface area contributed by atoms with Crippen molar-refractivity contribution in [3.05, 3.63) is 65.7 Å². The van der Waals surface area contributed by atoms with E-state index in [0.717, 1.165) is 35.0 Å². The molecule has 4 aromatic rings. The average Bonchev–Trinajstić information content (AvgIpc) is 3.35. The maximum absolute atomic E-state index is 4.50. The molecule has 0 bridgehead atoms. The summed E-state index contributed by atoms with van der Waals surface area (Å²) < 4.78 is 3.90. The molecule has 0 unspecified atom stereocenters. The molecular formula is C20H18N6. The van der Waals surface area contributed by atoms with E-state index in [-0.39, 0.29) is 0 Å². The largest absolute Gasteiger partial charge is 0.336 e. The van der Waals surface area contributed by atoms with E-state index in [1.165, 1.54) is 16.7 Å². The van der Waals surface area contributed by atoms with Crippen LogP contribution in [0.2, 0.25) is 0 Å². The molecule has 5 rings (SSSR count). The number of rotatable bonds is 3. The predicted octanol–water partition coefficient (Wildman–Crippen LogP) is 3.72. The number of aryl methyl sites for hydroxylation is 2. The first-order valence-corrected chi connectivity index (χ1v) is 8.55. The highest BCUT2D eigenvalue weighted by Gasteiger charge is 2.12. The third-order valence-electron chi connectivity index (χ3n) is 4.83. The van der Waals surface area contributed by atoms with E-state index >= 15 is 0 Å². The molecule has 1 aliphatic rings. The van der Waals surface area contributed by atoms with Gasteiger partial charge in [0.05, 0.1) is 12.2 Å². The second-order valence-corrected chi connectivity index (χ2v) is 6.60. The van der Waals surface area contributed by atoms with Crippen molar-refractivity contribution in [2.24, 2.45) is 12.0 Å². The van der Waals surface area contributed by atoms with E-state index in [1.54, 1.807) is 0 Å². The van der Waals surface area contributed by atoms with E-state index in [4.69, 9.17) is 0 Å². The van der Waals surface area contributed by atoms with E-state index < -0.39 is 0 Å². The lowest BCUT2D eigenvalue weighted by Crippen LogP contribution is -1.98. The fourth-order valence-corrected chi connectivity index (χ4v) is 3.33. The van der Waals surface area contributed by atoms with Gasteiger partial charge in [0.1, 0.15) is 0 Å². The van der Waals surface area contributed by atoms with E-state index in [0.29, 0.717) is 0 Å². The highest BCUT2D eigenvalue weighted by atomic mass is 15.3. The van der Waals surface area contributed by atoms with Crippen LogP contribution < -0.4 is 5.32 Å². The molecule has 6 nitrogen and oxygen atoms in total. The van der Waals surface area contributed by atoms with Gasteiger partial charge in [0, 0.05) is 49.2 Å². The van der Waals surface area contributed by atoms with Crippen LogP contribution >= 0.6 is 0 Å². The minimum Gasteiger partial charge on any atom is -0.336 e. The molecule has 3 aromatic heterocycles. The van der Waals surface area contributed by atoms with Crippen molar-refractivity contribution in [1.82, 2.24) is 19.2 Å². The van der Waals surface area contributed by atoms with E-state index in [1.807, 2.05) is 47.7 Å². The van der Waals surface area contributed by atoms with Gasteiger partial charge in [-0.15, -0.1) is 0 Å². The second kappa shape index (κ2) is 5.56. The number of hydrogen-bond acceptors (Lipinski definition) is 4. The molecule has 1 aromatic carbocycles. The highest BCUT2D eigenvalue weighted by Crippen LogP contribution is 2.30. The predicted molar refractivity (Wildman–Crippen MR) is 103 cm³/mol. The summed E-state index contributed by atoms with van der Waals surface area (Å²) in [6, 6.07) is 10.6. The summed E-state index contributed by atoms with van der Waals surface area (Å²) in [5.74, 6) is 0.814. The molecule has 0 atom stereocenters. The summed E-state index contributed by atoms with van der Waals surface area (Å²) in [5.41, 5.74) is 7.68. The molecule has 26 heavy (non-hydrogen) atoms. The number of anilines is 2. The van der Waals surface area contributed by atoms with Crippen molar-refractivity contribution in [2.75, 3.05) is 5.32 Å². The van der Waals surface area contributed by atoms with Crippen LogP contribution in [0.1, 0.15) is 16.8 Å². The van der Waals surface area contributed by atoms with Crippen molar-refractivity contribution < 1.29 is 0 Å². The number of hydrogen-bond donors (Lipinski definition) is 1. The van der Waals surface area contributed by atoms with Gasteiger partial charge in [-0.1, -0.05) is 12.1 Å². The van der Waals surface area contributed by atoms with Crippen molar-refractivity contribution in [3.63, 3.8) is 0 Å². The van der Waals surface area contributed by atoms with Gasteiger partial charge in [-0.2, -0.15) is 5.10 Å². The molecule has 1 N–H and O–H groups in total. The Morgan fingerprint density at radius 3 is 2.88 bits per heavy atom. The molecule has 0 aliphatic carbocycles. The zero-order valence-corrected chi connectivity index (χ0v) is 14.6. The van der Waals surface area contributed by atoms with Gasteiger partial charge in [-0.3, -0.25) is 9.67 Å². The molecule has 6 heteroatoms. The first-order chi connectivity index (χ1) is 12.7. The fraction of sp³-hybridized carbons (Fsp3) is 0.150. The summed E-state index contributed by atoms with van der Waals surface area (Å²) in [6.07, 6.45) is 7.82. The van der Waals surface area contributed by atoms with Gasteiger partial charge in [0.2, 0.25) is 0 Å². The lowest BCUT2D eigenvalue weighted by Gasteiger charge is -2.10. The fourth-order valence-electron chi connectivity index (χ4n) is 3.33. The number of nitrogens with one attached hydrogen (secondary N) is 1. The SMILES string of the molecule is Cc1cc(Nc2cc(-c3ccc4c(c3)CN=C4)cn3ccnc23)nn1C. The minimum absolute atomic E-state index is 0.759. The summed E-state index contributed by atoms with van der Waals surface area (Å²) in [6.45, 7) is 2.79. The zero-order valence-electron chi connectivity index (χ0n) is 14.6. The van der Waals surface area contributed by atoms with Crippen LogP contribution in [0.15, 0.2) is 53.9 Å². The molecule has 0 fully saturated rings. The monoisotopic (exact) mass is 342 g/mol. The molecule has 4 heterocycles. The Labute approximate surface area is 150 Å². The topological polar surface area (TPSA) is 59.5 Å². The van der Waals surface area contributed by atoms with Crippen molar-refractivity contribution in [1.29, 1.82) is 0 Å². The number of imidazole rings is 1. The molecule has 0 saturated heterocycles. The smallest absolute Gasteiger partial charge is 0.160 e. The standard InChI is InChI=1S/C20H18N6/c1-13-7-19(24-25(13)2)23-18-9-17(12-26-6-5-22-20(18)26)14-3-4-15-10-21-11-16(15)8-14/h3-10,12H,11H2,1-2H3,(H,23,24). The first kappa shape index (κ1) is 14.9. The highest BCUT2D eigenvalue weighted by molar-refractivity contribution is 5.86. The molecule has 1 aliphatic heterocycles. The lowest BCUT2D eigenvalue weighted by molar-refractivity contribution is 0.743. The van der Waals surface area contributed by atoms with Gasteiger partial charge in [0.25, 0.3) is 0 Å². The Bertz CT molecular complexity index is 1140. The van der Waals surface area contributed by atoms with Gasteiger partial charge < -0.3 is 9.72 Å². The van der Waals surface area contributed by atoms with Crippen molar-refractivity contribution in [2.45, 2.75) is 13.5 Å². The van der Waals surface area contributed by atoms with Crippen LogP contribution in [0.5, 0.6) is 0 Å². The minimum atomic E-state index is 0.759. The summed E-state index contributed by atoms with van der Waals surface area (Å²) in [4.78, 5) is 8.83. The maximum Gasteiger partial charge on any atom is 0.160 e. The van der Waals surface area contributed by atoms with Crippen LogP contribution in [-0.4, -0.2) is 25.4 Å². The van der Waals surface area contributed by atoms with Crippen molar-refractivity contribution >= 4 is 23.4 Å². The number of aromatic nitrogens is 4. The first-order valence-electron chi connectivity index (χ1n) is 8.55. The Balaban J connectivity index is 1.61. The van der Waals surface area contributed by atoms with Gasteiger partial charge in [-0.25, -0.2) is 4.98 Å². The molecule has 0 radical (unpaired) electrons. The van der Waals surface area contributed by atoms with Crippen LogP contribution in [0.4, 0.5) is 11.5 Å². The molecule has 0 spiro atoms. The van der Waals surface area contributed by atoms with Crippen molar-refractivity contribution in [3.8, 4) is 11.1 Å². The summed E-state index contributed by atoms with van der Waals surface area (Å²) in [7, 11) is 1.94. The molecule has 0 saturated carbocycles. The van der Waals surface area contributed by atoms with Gasteiger partial charge >= 0.3 is 0 Å². The number of fused-ring (bicyclic) bond motifs is 2. The Kier molecular flexibility index (Phi) is 3.18. The normalized spacial score (nSPS) is 12.7. The molecule has 128 valence electrons. The lowest BCUT2D eigenvalue weighted by atomic mass is 10.0. The van der Waals surface area contributed by atoms with E-state index in [9.17, 15) is 0 Å². The second-order valence-electron chi connectivity index (χ2n) is 6.60. The number of nitrogens with zero attached hydrogens (tertiary/aromatic N) is 5. The van der Waals surface area contributed by atoms with Crippen LogP contribution in [0.25, 0.3) is 16.8 Å². The van der Waals surface area contributed by atoms with Gasteiger partial charge in [0.15, 0.2) is 11.5 Å². The Morgan fingerprint density at radius 1 is 1.12 bits per heavy atom. The quantitative estimate of drug-likeness (QED) is 0.617. The average molecular weight is 342 g/mol. The Hall–Kier alpha value is -3.41. The summed E-state index contributed by atoms with van der Waals surface area (Å²) in [5, 5.41) is 7.92. The number of pyridine rings is 1. The number of benzene rings is 1. The van der Waals surface area contributed by atoms with Crippen LogP contribution in [-0.2, 0) is 13.6 Å². The maximum atomic E-state index is 4.50.